The predicted octanol–water partition coefficient (Wildman–Crippen LogP) is 5.58. The van der Waals surface area contributed by atoms with Gasteiger partial charge in [0.25, 0.3) is 0 Å². The Morgan fingerprint density at radius 3 is 2.18 bits per heavy atom. The molecule has 3 aromatic carbocycles. The Bertz CT molecular complexity index is 1910. The number of halogens is 2. The number of ether oxygens (including phenoxy) is 3. The van der Waals surface area contributed by atoms with Crippen LogP contribution in [0, 0.1) is 0 Å². The first-order chi connectivity index (χ1) is 23.8. The third-order valence-electron chi connectivity index (χ3n) is 9.15. The first-order valence-corrected chi connectivity index (χ1v) is 17.2. The lowest BCUT2D eigenvalue weighted by Gasteiger charge is -2.37. The van der Waals surface area contributed by atoms with E-state index in [2.05, 4.69) is 49.4 Å². The molecule has 0 radical (unpaired) electrons. The van der Waals surface area contributed by atoms with Crippen molar-refractivity contribution in [3.8, 4) is 11.4 Å². The molecule has 0 aliphatic carbocycles. The van der Waals surface area contributed by atoms with Gasteiger partial charge < -0.3 is 24.0 Å². The lowest BCUT2D eigenvalue weighted by molar-refractivity contribution is -0.192. The quantitative estimate of drug-likeness (QED) is 0.174. The molecule has 0 bridgehead atoms. The molecular formula is C35H38Cl2N8O4. The monoisotopic (exact) mass is 704 g/mol. The summed E-state index contributed by atoms with van der Waals surface area (Å²) in [7, 11) is 0. The van der Waals surface area contributed by atoms with E-state index in [0.717, 1.165) is 55.4 Å². The van der Waals surface area contributed by atoms with Gasteiger partial charge in [-0.05, 0) is 67.9 Å². The second-order valence-corrected chi connectivity index (χ2v) is 13.0. The van der Waals surface area contributed by atoms with E-state index in [4.69, 9.17) is 37.4 Å². The minimum Gasteiger partial charge on any atom is -0.491 e. The molecule has 12 nitrogen and oxygen atoms in total. The molecule has 256 valence electrons. The molecule has 2 aliphatic heterocycles. The summed E-state index contributed by atoms with van der Waals surface area (Å²) in [6.45, 7) is 8.38. The summed E-state index contributed by atoms with van der Waals surface area (Å²) in [5, 5.41) is 13.5. The molecule has 0 saturated carbocycles. The number of aromatic nitrogens is 6. The van der Waals surface area contributed by atoms with Crippen molar-refractivity contribution in [2.45, 2.75) is 44.7 Å². The molecule has 0 amide bonds. The number of hydrogen-bond acceptors (Lipinski definition) is 9. The first kappa shape index (κ1) is 33.2. The number of piperazine rings is 1. The topological polar surface area (TPSA) is 105 Å². The van der Waals surface area contributed by atoms with Crippen LogP contribution in [0.2, 0.25) is 10.0 Å². The fourth-order valence-electron chi connectivity index (χ4n) is 6.22. The summed E-state index contributed by atoms with van der Waals surface area (Å²) in [5.41, 5.74) is 3.59. The van der Waals surface area contributed by atoms with E-state index in [1.54, 1.807) is 29.4 Å². The maximum absolute atomic E-state index is 12.8. The van der Waals surface area contributed by atoms with Crippen molar-refractivity contribution in [1.82, 2.24) is 29.3 Å². The summed E-state index contributed by atoms with van der Waals surface area (Å²) in [6, 6.07) is 21.7. The molecule has 5 aromatic rings. The summed E-state index contributed by atoms with van der Waals surface area (Å²) in [6.07, 6.45) is 5.30. The Morgan fingerprint density at radius 2 is 1.53 bits per heavy atom. The van der Waals surface area contributed by atoms with Crippen LogP contribution in [0.15, 0.2) is 90.2 Å². The Morgan fingerprint density at radius 1 is 0.898 bits per heavy atom. The van der Waals surface area contributed by atoms with Crippen molar-refractivity contribution in [2.75, 3.05) is 49.2 Å². The van der Waals surface area contributed by atoms with Crippen LogP contribution in [-0.2, 0) is 21.8 Å². The zero-order chi connectivity index (χ0) is 34.0. The second kappa shape index (κ2) is 14.2. The van der Waals surface area contributed by atoms with Crippen molar-refractivity contribution in [2.24, 2.45) is 0 Å². The van der Waals surface area contributed by atoms with Gasteiger partial charge in [0.2, 0.25) is 5.79 Å². The largest absolute Gasteiger partial charge is 0.491 e. The molecule has 2 aliphatic rings. The Hall–Kier alpha value is -4.36. The van der Waals surface area contributed by atoms with Crippen LogP contribution in [0.4, 0.5) is 11.4 Å². The highest BCUT2D eigenvalue weighted by atomic mass is 35.5. The predicted molar refractivity (Wildman–Crippen MR) is 188 cm³/mol. The van der Waals surface area contributed by atoms with Crippen LogP contribution in [-0.4, -0.2) is 74.8 Å². The highest BCUT2D eigenvalue weighted by Crippen LogP contribution is 2.41. The van der Waals surface area contributed by atoms with Crippen molar-refractivity contribution in [1.29, 1.82) is 0 Å². The van der Waals surface area contributed by atoms with Crippen LogP contribution in [0.1, 0.15) is 31.9 Å². The number of rotatable bonds is 11. The molecular weight excluding hydrogens is 667 g/mol. The molecule has 1 unspecified atom stereocenters. The van der Waals surface area contributed by atoms with Gasteiger partial charge in [-0.1, -0.05) is 42.3 Å². The first-order valence-electron chi connectivity index (χ1n) is 16.4. The van der Waals surface area contributed by atoms with Gasteiger partial charge in [-0.15, -0.1) is 0 Å². The zero-order valence-electron chi connectivity index (χ0n) is 27.4. The van der Waals surface area contributed by atoms with Crippen molar-refractivity contribution >= 4 is 34.6 Å². The maximum atomic E-state index is 12.8. The molecule has 2 aromatic heterocycles. The van der Waals surface area contributed by atoms with Gasteiger partial charge in [0, 0.05) is 43.1 Å². The van der Waals surface area contributed by atoms with Crippen molar-refractivity contribution < 1.29 is 14.2 Å². The average molecular weight is 706 g/mol. The van der Waals surface area contributed by atoms with Gasteiger partial charge in [-0.2, -0.15) is 20.1 Å². The molecule has 49 heavy (non-hydrogen) atoms. The smallest absolute Gasteiger partial charge is 0.350 e. The normalized spacial score (nSPS) is 20.1. The van der Waals surface area contributed by atoms with Gasteiger partial charge in [0.15, 0.2) is 0 Å². The van der Waals surface area contributed by atoms with E-state index >= 15 is 0 Å². The molecule has 14 heteroatoms. The molecule has 2 fully saturated rings. The summed E-state index contributed by atoms with van der Waals surface area (Å²) >= 11 is 12.9. The van der Waals surface area contributed by atoms with E-state index in [-0.39, 0.29) is 31.0 Å². The van der Waals surface area contributed by atoms with E-state index in [1.807, 2.05) is 50.2 Å². The number of hydrogen-bond donors (Lipinski definition) is 0. The van der Waals surface area contributed by atoms with E-state index < -0.39 is 5.79 Å². The fraction of sp³-hybridized carbons (Fsp3) is 0.371. The Labute approximate surface area is 294 Å². The molecule has 4 heterocycles. The summed E-state index contributed by atoms with van der Waals surface area (Å²) in [5.74, 6) is -0.466. The van der Waals surface area contributed by atoms with Crippen LogP contribution >= 0.6 is 23.2 Å². The van der Waals surface area contributed by atoms with Gasteiger partial charge >= 0.3 is 5.69 Å². The minimum absolute atomic E-state index is 0.0641. The molecule has 3 atom stereocenters. The maximum Gasteiger partial charge on any atom is 0.350 e. The number of benzene rings is 3. The summed E-state index contributed by atoms with van der Waals surface area (Å²) in [4.78, 5) is 19.0. The lowest BCUT2D eigenvalue weighted by Crippen LogP contribution is -2.46. The van der Waals surface area contributed by atoms with E-state index in [1.165, 1.54) is 9.48 Å². The SMILES string of the molecule is CCC(C)n1ncn(-c2ccc(N3CCN(c4ccc(OC[C@@H]5CO[C@@](Cn6nccn6)(c6cccc(Cl)c6Cl)O5)cc4)CC3)cc2)c1=O. The third-order valence-corrected chi connectivity index (χ3v) is 9.97. The molecule has 0 N–H and O–H groups in total. The summed E-state index contributed by atoms with van der Waals surface area (Å²) < 4.78 is 22.0. The highest BCUT2D eigenvalue weighted by molar-refractivity contribution is 6.42. The van der Waals surface area contributed by atoms with Gasteiger partial charge in [-0.3, -0.25) is 0 Å². The zero-order valence-corrected chi connectivity index (χ0v) is 28.9. The van der Waals surface area contributed by atoms with Gasteiger partial charge in [-0.25, -0.2) is 14.0 Å². The number of anilines is 2. The average Bonchev–Trinajstić information content (AvgIpc) is 3.90. The Kier molecular flexibility index (Phi) is 9.64. The number of nitrogens with zero attached hydrogens (tertiary/aromatic N) is 8. The Balaban J connectivity index is 0.927. The second-order valence-electron chi connectivity index (χ2n) is 12.2. The van der Waals surface area contributed by atoms with Crippen LogP contribution < -0.4 is 20.2 Å². The minimum atomic E-state index is -1.21. The van der Waals surface area contributed by atoms with Crippen LogP contribution in [0.3, 0.4) is 0 Å². The van der Waals surface area contributed by atoms with Gasteiger partial charge in [0.05, 0.1) is 40.8 Å². The third kappa shape index (κ3) is 6.91. The van der Waals surface area contributed by atoms with Crippen LogP contribution in [0.25, 0.3) is 5.69 Å². The van der Waals surface area contributed by atoms with Gasteiger partial charge in [0.1, 0.15) is 31.3 Å². The van der Waals surface area contributed by atoms with Crippen molar-refractivity contribution in [3.63, 3.8) is 0 Å². The molecule has 2 saturated heterocycles. The van der Waals surface area contributed by atoms with E-state index in [9.17, 15) is 4.79 Å². The molecule has 7 rings (SSSR count). The van der Waals surface area contributed by atoms with Crippen molar-refractivity contribution in [3.05, 3.63) is 112 Å². The highest BCUT2D eigenvalue weighted by Gasteiger charge is 2.46. The standard InChI is InChI=1S/C35H38Cl2N8O4/c1-3-25(2)45-34(46)43(24-40-45)28-9-7-26(8-10-28)41-17-19-42(20-18-41)27-11-13-29(14-12-27)47-21-30-22-48-35(49-30,23-44-38-15-16-39-44)31-5-4-6-32(36)33(31)37/h4-16,24-25,30H,3,17-23H2,1-2H3/t25?,30-,35-/m1/s1. The van der Waals surface area contributed by atoms with E-state index in [0.29, 0.717) is 22.2 Å². The van der Waals surface area contributed by atoms with Crippen LogP contribution in [0.5, 0.6) is 5.75 Å². The molecule has 0 spiro atoms. The lowest BCUT2D eigenvalue weighted by atomic mass is 10.1. The fourth-order valence-corrected chi connectivity index (χ4v) is 6.67.